The number of amides is 1. The van der Waals surface area contributed by atoms with Crippen LogP contribution in [0.5, 0.6) is 0 Å². The minimum Gasteiger partial charge on any atom is -0.378 e. The van der Waals surface area contributed by atoms with Crippen molar-refractivity contribution in [3.8, 4) is 0 Å². The van der Waals surface area contributed by atoms with Gasteiger partial charge >= 0.3 is 0 Å². The summed E-state index contributed by atoms with van der Waals surface area (Å²) in [7, 11) is 0. The van der Waals surface area contributed by atoms with Gasteiger partial charge in [0.1, 0.15) is 5.82 Å². The Kier molecular flexibility index (Phi) is 6.70. The molecule has 1 amide bonds. The van der Waals surface area contributed by atoms with Crippen molar-refractivity contribution in [1.82, 2.24) is 5.32 Å². The van der Waals surface area contributed by atoms with Crippen LogP contribution in [0.25, 0.3) is 0 Å². The lowest BCUT2D eigenvalue weighted by Gasteiger charge is -2.43. The van der Waals surface area contributed by atoms with Gasteiger partial charge in [0.15, 0.2) is 0 Å². The zero-order valence-corrected chi connectivity index (χ0v) is 21.6. The molecule has 2 N–H and O–H groups in total. The molecule has 0 saturated heterocycles. The number of halogens is 2. The van der Waals surface area contributed by atoms with Crippen LogP contribution in [0.2, 0.25) is 5.02 Å². The molecule has 3 aromatic carbocycles. The summed E-state index contributed by atoms with van der Waals surface area (Å²) in [5, 5.41) is 7.33. The third-order valence-electron chi connectivity index (χ3n) is 8.35. The van der Waals surface area contributed by atoms with E-state index in [1.54, 1.807) is 23.9 Å². The maximum atomic E-state index is 13.9. The Morgan fingerprint density at radius 1 is 1.06 bits per heavy atom. The number of hydrogen-bond acceptors (Lipinski definition) is 3. The Hall–Kier alpha value is -2.50. The lowest BCUT2D eigenvalue weighted by molar-refractivity contribution is 0.0956. The van der Waals surface area contributed by atoms with Gasteiger partial charge < -0.3 is 10.6 Å². The Morgan fingerprint density at radius 2 is 1.89 bits per heavy atom. The number of benzene rings is 3. The van der Waals surface area contributed by atoms with Gasteiger partial charge in [-0.1, -0.05) is 48.0 Å². The van der Waals surface area contributed by atoms with Crippen LogP contribution in [0.3, 0.4) is 0 Å². The molecule has 2 saturated carbocycles. The lowest BCUT2D eigenvalue weighted by atomic mass is 9.68. The van der Waals surface area contributed by atoms with Crippen molar-refractivity contribution in [3.63, 3.8) is 0 Å². The molecule has 5 atom stereocenters. The molecular weight excluding hydrogens is 491 g/mol. The van der Waals surface area contributed by atoms with Crippen LogP contribution < -0.4 is 10.6 Å². The zero-order valence-electron chi connectivity index (χ0n) is 20.1. The van der Waals surface area contributed by atoms with Gasteiger partial charge in [0.25, 0.3) is 5.91 Å². The highest BCUT2D eigenvalue weighted by Crippen LogP contribution is 2.63. The molecule has 6 rings (SSSR count). The molecule has 6 heteroatoms. The maximum Gasteiger partial charge on any atom is 0.251 e. The molecular formula is C30H30ClFN2OS. The number of thioether (sulfide) groups is 1. The van der Waals surface area contributed by atoms with Crippen molar-refractivity contribution in [2.75, 3.05) is 17.6 Å². The zero-order chi connectivity index (χ0) is 24.6. The minimum atomic E-state index is -0.282. The molecule has 1 heterocycles. The third kappa shape index (κ3) is 4.41. The summed E-state index contributed by atoms with van der Waals surface area (Å²) in [5.41, 5.74) is 5.09. The van der Waals surface area contributed by atoms with Gasteiger partial charge in [-0.05, 0) is 84.4 Å². The first kappa shape index (κ1) is 23.9. The summed E-state index contributed by atoms with van der Waals surface area (Å²) in [4.78, 5) is 13.0. The van der Waals surface area contributed by atoms with E-state index in [1.165, 1.54) is 42.1 Å². The van der Waals surface area contributed by atoms with Crippen LogP contribution in [-0.4, -0.2) is 18.2 Å². The predicted octanol–water partition coefficient (Wildman–Crippen LogP) is 7.44. The standard InChI is InChI=1S/C30H30ClFN2OS/c31-24-7-4-8-25(32)23(24)17-36-14-13-33-30(35)21-11-12-26-22(16-21)27-19-9-10-20(15-19)28(27)29(34-26)18-5-2-1-3-6-18/h1-8,11-12,16,19-20,27-29,34H,9-10,13-15,17H2,(H,33,35)/t19-,20-,27-,28+,29+/m0/s1. The number of carbonyl (C=O) groups excluding carboxylic acids is 1. The number of carbonyl (C=O) groups is 1. The van der Waals surface area contributed by atoms with Crippen molar-refractivity contribution in [1.29, 1.82) is 0 Å². The van der Waals surface area contributed by atoms with Gasteiger partial charge in [0, 0.05) is 39.9 Å². The minimum absolute atomic E-state index is 0.0489. The number of hydrogen-bond donors (Lipinski definition) is 2. The molecule has 2 fully saturated rings. The normalized spacial score (nSPS) is 25.7. The van der Waals surface area contributed by atoms with E-state index in [9.17, 15) is 9.18 Å². The Bertz CT molecular complexity index is 1250. The van der Waals surface area contributed by atoms with E-state index in [1.807, 2.05) is 6.07 Å². The lowest BCUT2D eigenvalue weighted by Crippen LogP contribution is -2.35. The smallest absolute Gasteiger partial charge is 0.251 e. The summed E-state index contributed by atoms with van der Waals surface area (Å²) in [6.07, 6.45) is 3.92. The molecule has 2 aliphatic carbocycles. The molecule has 1 aliphatic heterocycles. The van der Waals surface area contributed by atoms with Gasteiger partial charge in [-0.25, -0.2) is 4.39 Å². The van der Waals surface area contributed by atoms with E-state index >= 15 is 0 Å². The van der Waals surface area contributed by atoms with E-state index in [0.29, 0.717) is 52.4 Å². The quantitative estimate of drug-likeness (QED) is 0.318. The van der Waals surface area contributed by atoms with Gasteiger partial charge in [-0.15, -0.1) is 0 Å². The van der Waals surface area contributed by atoms with Crippen LogP contribution in [0.1, 0.15) is 58.3 Å². The third-order valence-corrected chi connectivity index (χ3v) is 9.69. The van der Waals surface area contributed by atoms with Crippen molar-refractivity contribution in [2.24, 2.45) is 17.8 Å². The summed E-state index contributed by atoms with van der Waals surface area (Å²) in [6, 6.07) is 22.1. The fourth-order valence-electron chi connectivity index (χ4n) is 6.80. The Labute approximate surface area is 221 Å². The molecule has 0 radical (unpaired) electrons. The molecule has 3 aromatic rings. The fourth-order valence-corrected chi connectivity index (χ4v) is 8.00. The van der Waals surface area contributed by atoms with Gasteiger partial charge in [0.05, 0.1) is 6.04 Å². The first-order valence-electron chi connectivity index (χ1n) is 12.8. The molecule has 36 heavy (non-hydrogen) atoms. The van der Waals surface area contributed by atoms with Crippen molar-refractivity contribution in [2.45, 2.75) is 37.0 Å². The molecule has 186 valence electrons. The van der Waals surface area contributed by atoms with E-state index < -0.39 is 0 Å². The summed E-state index contributed by atoms with van der Waals surface area (Å²) in [5.74, 6) is 3.41. The topological polar surface area (TPSA) is 41.1 Å². The Balaban J connectivity index is 1.13. The van der Waals surface area contributed by atoms with Gasteiger partial charge in [0.2, 0.25) is 0 Å². The van der Waals surface area contributed by atoms with E-state index in [2.05, 4.69) is 53.1 Å². The van der Waals surface area contributed by atoms with Crippen LogP contribution in [-0.2, 0) is 5.75 Å². The summed E-state index contributed by atoms with van der Waals surface area (Å²) >= 11 is 7.67. The largest absolute Gasteiger partial charge is 0.378 e. The molecule has 2 bridgehead atoms. The van der Waals surface area contributed by atoms with E-state index in [-0.39, 0.29) is 11.7 Å². The highest BCUT2D eigenvalue weighted by molar-refractivity contribution is 7.98. The van der Waals surface area contributed by atoms with Crippen LogP contribution in [0, 0.1) is 23.6 Å². The number of rotatable bonds is 7. The molecule has 3 aliphatic rings. The number of anilines is 1. The average Bonchev–Trinajstić information content (AvgIpc) is 3.53. The van der Waals surface area contributed by atoms with Gasteiger partial charge in [-0.3, -0.25) is 4.79 Å². The van der Waals surface area contributed by atoms with Crippen molar-refractivity contribution < 1.29 is 9.18 Å². The first-order chi connectivity index (χ1) is 17.6. The highest BCUT2D eigenvalue weighted by atomic mass is 35.5. The average molecular weight is 521 g/mol. The first-order valence-corrected chi connectivity index (χ1v) is 14.4. The fraction of sp³-hybridized carbons (Fsp3) is 0.367. The molecule has 0 spiro atoms. The summed E-state index contributed by atoms with van der Waals surface area (Å²) < 4.78 is 13.9. The second-order valence-corrected chi connectivity index (χ2v) is 11.8. The van der Waals surface area contributed by atoms with Gasteiger partial charge in [-0.2, -0.15) is 11.8 Å². The van der Waals surface area contributed by atoms with E-state index in [4.69, 9.17) is 11.6 Å². The van der Waals surface area contributed by atoms with Crippen LogP contribution >= 0.6 is 23.4 Å². The second-order valence-electron chi connectivity index (χ2n) is 10.3. The highest BCUT2D eigenvalue weighted by Gasteiger charge is 2.53. The van der Waals surface area contributed by atoms with Crippen molar-refractivity contribution in [3.05, 3.63) is 99.8 Å². The molecule has 0 unspecified atom stereocenters. The molecule has 0 aromatic heterocycles. The monoisotopic (exact) mass is 520 g/mol. The maximum absolute atomic E-state index is 13.9. The second kappa shape index (κ2) is 10.1. The van der Waals surface area contributed by atoms with Crippen molar-refractivity contribution >= 4 is 35.0 Å². The predicted molar refractivity (Wildman–Crippen MR) is 146 cm³/mol. The number of nitrogens with one attached hydrogen (secondary N) is 2. The van der Waals surface area contributed by atoms with E-state index in [0.717, 1.165) is 11.5 Å². The van der Waals surface area contributed by atoms with Crippen LogP contribution in [0.15, 0.2) is 66.7 Å². The summed E-state index contributed by atoms with van der Waals surface area (Å²) in [6.45, 7) is 0.526. The SMILES string of the molecule is O=C(NCCSCc1c(F)cccc1Cl)c1ccc2c(c1)[C@@H]1[C@H]3CC[C@@H](C3)[C@H]1[C@@H](c1ccccc1)N2. The Morgan fingerprint density at radius 3 is 2.72 bits per heavy atom. The molecule has 3 nitrogen and oxygen atoms in total. The number of fused-ring (bicyclic) bond motifs is 7. The van der Waals surface area contributed by atoms with Crippen LogP contribution in [0.4, 0.5) is 10.1 Å².